The number of tetrazole rings is 1. The summed E-state index contributed by atoms with van der Waals surface area (Å²) >= 11 is 8.69. The molecule has 1 aromatic heterocycles. The Labute approximate surface area is 135 Å². The van der Waals surface area contributed by atoms with Gasteiger partial charge in [0.25, 0.3) is 0 Å². The first kappa shape index (κ1) is 16.3. The molecule has 0 fully saturated rings. The molecule has 0 radical (unpaired) electrons. The summed E-state index contributed by atoms with van der Waals surface area (Å²) in [7, 11) is 0. The molecule has 0 aliphatic rings. The molecule has 22 heavy (non-hydrogen) atoms. The van der Waals surface area contributed by atoms with Gasteiger partial charge < -0.3 is 5.32 Å². The standard InChI is InChI=1S/C11H5BrClF3N6/c12-7-2-8(13)9(1-6(7)11(14,15)16)18-4-5(3-17)10-19-21-22-20-10/h1-2,4,18H,(H,19,20,21,22). The molecule has 6 nitrogen and oxygen atoms in total. The molecule has 0 atom stereocenters. The van der Waals surface area contributed by atoms with Crippen molar-refractivity contribution in [2.24, 2.45) is 0 Å². The summed E-state index contributed by atoms with van der Waals surface area (Å²) in [6.45, 7) is 0. The van der Waals surface area contributed by atoms with Crippen LogP contribution in [0.5, 0.6) is 0 Å². The number of anilines is 1. The van der Waals surface area contributed by atoms with E-state index in [4.69, 9.17) is 16.9 Å². The molecule has 0 aliphatic carbocycles. The number of nitrogens with zero attached hydrogens (tertiary/aromatic N) is 4. The van der Waals surface area contributed by atoms with E-state index in [1.807, 2.05) is 0 Å². The van der Waals surface area contributed by atoms with Crippen molar-refractivity contribution in [3.8, 4) is 6.07 Å². The van der Waals surface area contributed by atoms with Crippen LogP contribution in [0.1, 0.15) is 11.4 Å². The van der Waals surface area contributed by atoms with Crippen LogP contribution < -0.4 is 5.32 Å². The first-order valence-electron chi connectivity index (χ1n) is 5.49. The number of hydrogen-bond donors (Lipinski definition) is 2. The maximum Gasteiger partial charge on any atom is 0.417 e. The number of aromatic amines is 1. The summed E-state index contributed by atoms with van der Waals surface area (Å²) in [5.74, 6) is -0.000668. The van der Waals surface area contributed by atoms with Gasteiger partial charge in [0, 0.05) is 10.7 Å². The molecule has 1 heterocycles. The maximum atomic E-state index is 12.8. The van der Waals surface area contributed by atoms with Crippen LogP contribution in [0.25, 0.3) is 5.57 Å². The normalized spacial score (nSPS) is 12.1. The van der Waals surface area contributed by atoms with Crippen LogP contribution in [0.3, 0.4) is 0 Å². The highest BCUT2D eigenvalue weighted by Gasteiger charge is 2.33. The molecule has 1 aromatic carbocycles. The van der Waals surface area contributed by atoms with Gasteiger partial charge in [0.05, 0.1) is 16.3 Å². The summed E-state index contributed by atoms with van der Waals surface area (Å²) in [4.78, 5) is 0. The number of rotatable bonds is 3. The second-order valence-electron chi connectivity index (χ2n) is 3.86. The van der Waals surface area contributed by atoms with E-state index >= 15 is 0 Å². The van der Waals surface area contributed by atoms with E-state index in [0.717, 1.165) is 18.3 Å². The van der Waals surface area contributed by atoms with Gasteiger partial charge in [-0.1, -0.05) is 27.5 Å². The predicted molar refractivity (Wildman–Crippen MR) is 75.5 cm³/mol. The molecule has 2 aromatic rings. The Morgan fingerprint density at radius 1 is 1.45 bits per heavy atom. The van der Waals surface area contributed by atoms with Crippen molar-refractivity contribution in [1.29, 1.82) is 5.26 Å². The lowest BCUT2D eigenvalue weighted by atomic mass is 10.2. The minimum absolute atomic E-state index is 0.000668. The van der Waals surface area contributed by atoms with Crippen molar-refractivity contribution in [1.82, 2.24) is 20.6 Å². The van der Waals surface area contributed by atoms with Gasteiger partial charge in [0.15, 0.2) is 0 Å². The molecule has 2 rings (SSSR count). The van der Waals surface area contributed by atoms with Crippen LogP contribution >= 0.6 is 27.5 Å². The van der Waals surface area contributed by atoms with E-state index in [-0.39, 0.29) is 26.6 Å². The van der Waals surface area contributed by atoms with Crippen LogP contribution in [0.4, 0.5) is 18.9 Å². The second kappa shape index (κ2) is 6.33. The molecule has 0 spiro atoms. The van der Waals surface area contributed by atoms with E-state index < -0.39 is 11.7 Å². The third-order valence-corrected chi connectivity index (χ3v) is 3.41. The zero-order chi connectivity index (χ0) is 16.3. The van der Waals surface area contributed by atoms with Crippen LogP contribution in [-0.4, -0.2) is 20.6 Å². The highest BCUT2D eigenvalue weighted by atomic mass is 79.9. The molecule has 0 unspecified atom stereocenters. The molecule has 11 heteroatoms. The van der Waals surface area contributed by atoms with Crippen molar-refractivity contribution in [3.05, 3.63) is 39.2 Å². The van der Waals surface area contributed by atoms with Crippen LogP contribution in [0.15, 0.2) is 22.8 Å². The molecule has 0 saturated heterocycles. The van der Waals surface area contributed by atoms with Crippen molar-refractivity contribution < 1.29 is 13.2 Å². The van der Waals surface area contributed by atoms with Crippen LogP contribution in [0.2, 0.25) is 5.02 Å². The Morgan fingerprint density at radius 2 is 2.18 bits per heavy atom. The SMILES string of the molecule is N#CC(=CNc1cc(C(F)(F)F)c(Br)cc1Cl)c1nn[nH]n1. The van der Waals surface area contributed by atoms with E-state index in [1.54, 1.807) is 6.07 Å². The predicted octanol–water partition coefficient (Wildman–Crippen LogP) is 3.61. The largest absolute Gasteiger partial charge is 0.417 e. The zero-order valence-corrected chi connectivity index (χ0v) is 12.8. The number of hydrogen-bond acceptors (Lipinski definition) is 5. The smallest absolute Gasteiger partial charge is 0.359 e. The van der Waals surface area contributed by atoms with Gasteiger partial charge in [0.2, 0.25) is 5.82 Å². The first-order chi connectivity index (χ1) is 10.3. The molecule has 2 N–H and O–H groups in total. The lowest BCUT2D eigenvalue weighted by Crippen LogP contribution is -2.07. The summed E-state index contributed by atoms with van der Waals surface area (Å²) in [5.41, 5.74) is -0.944. The molecular formula is C11H5BrClF3N6. The highest BCUT2D eigenvalue weighted by Crippen LogP contribution is 2.39. The molecule has 0 bridgehead atoms. The van der Waals surface area contributed by atoms with E-state index in [0.29, 0.717) is 0 Å². The Kier molecular flexibility index (Phi) is 4.68. The highest BCUT2D eigenvalue weighted by molar-refractivity contribution is 9.10. The number of nitrogens with one attached hydrogen (secondary N) is 2. The van der Waals surface area contributed by atoms with Gasteiger partial charge in [-0.2, -0.15) is 23.6 Å². The number of benzene rings is 1. The maximum absolute atomic E-state index is 12.8. The number of H-pyrrole nitrogens is 1. The quantitative estimate of drug-likeness (QED) is 0.778. The Hall–Kier alpha value is -2.12. The number of halogens is 5. The average molecular weight is 394 g/mol. The van der Waals surface area contributed by atoms with Gasteiger partial charge in [-0.05, 0) is 17.3 Å². The number of alkyl halides is 3. The molecule has 0 saturated carbocycles. The summed E-state index contributed by atoms with van der Waals surface area (Å²) in [6.07, 6.45) is -3.41. The van der Waals surface area contributed by atoms with Crippen molar-refractivity contribution in [2.45, 2.75) is 6.18 Å². The summed E-state index contributed by atoms with van der Waals surface area (Å²) in [5, 5.41) is 24.2. The van der Waals surface area contributed by atoms with Gasteiger partial charge in [0.1, 0.15) is 11.6 Å². The number of aromatic nitrogens is 4. The van der Waals surface area contributed by atoms with Crippen molar-refractivity contribution >= 4 is 38.8 Å². The topological polar surface area (TPSA) is 90.3 Å². The van der Waals surface area contributed by atoms with Crippen molar-refractivity contribution in [3.63, 3.8) is 0 Å². The third kappa shape index (κ3) is 3.55. The number of nitriles is 1. The van der Waals surface area contributed by atoms with E-state index in [9.17, 15) is 13.2 Å². The molecule has 114 valence electrons. The minimum atomic E-state index is -4.55. The van der Waals surface area contributed by atoms with Crippen LogP contribution in [-0.2, 0) is 6.18 Å². The molecular weight excluding hydrogens is 389 g/mol. The van der Waals surface area contributed by atoms with E-state index in [2.05, 4.69) is 41.9 Å². The van der Waals surface area contributed by atoms with Gasteiger partial charge in [-0.15, -0.1) is 10.2 Å². The van der Waals surface area contributed by atoms with Crippen molar-refractivity contribution in [2.75, 3.05) is 5.32 Å². The second-order valence-corrected chi connectivity index (χ2v) is 5.12. The fraction of sp³-hybridized carbons (Fsp3) is 0.0909. The molecule has 0 aliphatic heterocycles. The fourth-order valence-corrected chi connectivity index (χ4v) is 2.37. The third-order valence-electron chi connectivity index (χ3n) is 2.44. The van der Waals surface area contributed by atoms with E-state index in [1.165, 1.54) is 0 Å². The molecule has 0 amide bonds. The van der Waals surface area contributed by atoms with Gasteiger partial charge in [-0.25, -0.2) is 0 Å². The van der Waals surface area contributed by atoms with Gasteiger partial charge >= 0.3 is 6.18 Å². The Bertz CT molecular complexity index is 750. The van der Waals surface area contributed by atoms with Crippen LogP contribution in [0, 0.1) is 11.3 Å². The number of allylic oxidation sites excluding steroid dienone is 1. The first-order valence-corrected chi connectivity index (χ1v) is 6.67. The summed E-state index contributed by atoms with van der Waals surface area (Å²) in [6, 6.07) is 3.73. The monoisotopic (exact) mass is 392 g/mol. The lowest BCUT2D eigenvalue weighted by molar-refractivity contribution is -0.138. The lowest BCUT2D eigenvalue weighted by Gasteiger charge is -2.12. The Balaban J connectivity index is 2.36. The Morgan fingerprint density at radius 3 is 2.73 bits per heavy atom. The fourth-order valence-electron chi connectivity index (χ4n) is 1.45. The summed E-state index contributed by atoms with van der Waals surface area (Å²) < 4.78 is 38.4. The minimum Gasteiger partial charge on any atom is -0.359 e. The zero-order valence-electron chi connectivity index (χ0n) is 10.4. The van der Waals surface area contributed by atoms with Gasteiger partial charge in [-0.3, -0.25) is 0 Å². The average Bonchev–Trinajstić information content (AvgIpc) is 2.94.